The molecule has 2 aliphatic heterocycles. The minimum atomic E-state index is -5.08. The van der Waals surface area contributed by atoms with Gasteiger partial charge in [-0.15, -0.1) is 10.2 Å². The van der Waals surface area contributed by atoms with Gasteiger partial charge in [-0.25, -0.2) is 9.78 Å². The Bertz CT molecular complexity index is 842. The minimum Gasteiger partial charge on any atom is -0.475 e. The van der Waals surface area contributed by atoms with Crippen LogP contribution in [0.1, 0.15) is 23.1 Å². The number of aryl methyl sites for hydroxylation is 2. The van der Waals surface area contributed by atoms with E-state index < -0.39 is 12.1 Å². The number of alkyl halides is 3. The van der Waals surface area contributed by atoms with Gasteiger partial charge in [-0.05, 0) is 26.2 Å². The smallest absolute Gasteiger partial charge is 0.475 e. The maximum atomic E-state index is 10.6. The van der Waals surface area contributed by atoms with Crippen molar-refractivity contribution in [3.63, 3.8) is 0 Å². The van der Waals surface area contributed by atoms with E-state index in [0.29, 0.717) is 11.8 Å². The van der Waals surface area contributed by atoms with Crippen molar-refractivity contribution in [1.82, 2.24) is 25.4 Å². The first kappa shape index (κ1) is 21.4. The Morgan fingerprint density at radius 1 is 1.38 bits per heavy atom. The molecule has 0 aromatic carbocycles. The van der Waals surface area contributed by atoms with Crippen LogP contribution < -0.4 is 4.90 Å². The molecule has 0 spiro atoms. The van der Waals surface area contributed by atoms with Crippen molar-refractivity contribution < 1.29 is 27.8 Å². The normalized spacial score (nSPS) is 24.0. The predicted molar refractivity (Wildman–Crippen MR) is 96.7 cm³/mol. The molecule has 0 aliphatic carbocycles. The number of aromatic amines is 1. The number of anilines is 1. The van der Waals surface area contributed by atoms with E-state index in [1.54, 1.807) is 11.3 Å². The fourth-order valence-corrected chi connectivity index (χ4v) is 4.27. The summed E-state index contributed by atoms with van der Waals surface area (Å²) in [5.74, 6) is 0.149. The topological polar surface area (TPSA) is 117 Å². The zero-order valence-corrected chi connectivity index (χ0v) is 16.6. The molecular formula is C16H21F3N6O3S. The summed E-state index contributed by atoms with van der Waals surface area (Å²) in [5, 5.41) is 24.7. The third-order valence-corrected chi connectivity index (χ3v) is 5.75. The van der Waals surface area contributed by atoms with E-state index in [0.717, 1.165) is 54.3 Å². The van der Waals surface area contributed by atoms with E-state index in [9.17, 15) is 13.2 Å². The third kappa shape index (κ3) is 5.41. The number of nitrogens with zero attached hydrogens (tertiary/aromatic N) is 5. The van der Waals surface area contributed by atoms with Crippen molar-refractivity contribution in [3.05, 3.63) is 16.7 Å². The van der Waals surface area contributed by atoms with Gasteiger partial charge < -0.3 is 14.7 Å². The lowest BCUT2D eigenvalue weighted by Crippen LogP contribution is -2.42. The second kappa shape index (κ2) is 8.61. The zero-order valence-electron chi connectivity index (χ0n) is 15.8. The standard InChI is InChI=1S/C14H20N6OS.C2HF3O2/c1-8-15-13(18-16-8)5-12-11-3-4-20(6-10(11)7-21-12)14-19-17-9(2)22-14;3-2(4,5)1(6)7/h10-12H,3-7H2,1-2H3,(H,15,16,18);(H,6,7)/t10-,11-,12+;/m1./s1. The highest BCUT2D eigenvalue weighted by molar-refractivity contribution is 7.15. The molecule has 2 aromatic rings. The third-order valence-electron chi connectivity index (χ3n) is 4.85. The highest BCUT2D eigenvalue weighted by atomic mass is 32.1. The Labute approximate surface area is 168 Å². The van der Waals surface area contributed by atoms with Gasteiger partial charge >= 0.3 is 12.1 Å². The molecule has 2 aromatic heterocycles. The zero-order chi connectivity index (χ0) is 21.2. The highest BCUT2D eigenvalue weighted by Crippen LogP contribution is 2.37. The van der Waals surface area contributed by atoms with Gasteiger partial charge in [0.15, 0.2) is 5.82 Å². The second-order valence-corrected chi connectivity index (χ2v) is 8.14. The number of nitrogens with one attached hydrogen (secondary N) is 1. The molecule has 9 nitrogen and oxygen atoms in total. The van der Waals surface area contributed by atoms with Crippen LogP contribution in [0.5, 0.6) is 0 Å². The Hall–Kier alpha value is -2.28. The summed E-state index contributed by atoms with van der Waals surface area (Å²) in [4.78, 5) is 15.7. The van der Waals surface area contributed by atoms with Crippen molar-refractivity contribution in [2.24, 2.45) is 11.8 Å². The number of hydrogen-bond acceptors (Lipinski definition) is 8. The summed E-state index contributed by atoms with van der Waals surface area (Å²) in [6.45, 7) is 6.80. The number of carboxylic acid groups (broad SMARTS) is 1. The first-order valence-corrected chi connectivity index (χ1v) is 9.79. The number of hydrogen-bond donors (Lipinski definition) is 2. The quantitative estimate of drug-likeness (QED) is 0.753. The van der Waals surface area contributed by atoms with Crippen molar-refractivity contribution in [3.8, 4) is 0 Å². The number of fused-ring (bicyclic) bond motifs is 1. The average molecular weight is 434 g/mol. The fraction of sp³-hybridized carbons (Fsp3) is 0.688. The molecule has 0 amide bonds. The molecule has 2 saturated heterocycles. The fourth-order valence-electron chi connectivity index (χ4n) is 3.55. The number of aliphatic carboxylic acids is 1. The Balaban J connectivity index is 0.000000298. The van der Waals surface area contributed by atoms with E-state index in [1.165, 1.54) is 0 Å². The summed E-state index contributed by atoms with van der Waals surface area (Å²) in [6.07, 6.45) is -2.89. The molecular weight excluding hydrogens is 413 g/mol. The van der Waals surface area contributed by atoms with Crippen LogP contribution in [-0.2, 0) is 16.0 Å². The summed E-state index contributed by atoms with van der Waals surface area (Å²) in [6, 6.07) is 0. The number of carboxylic acids is 1. The van der Waals surface area contributed by atoms with Crippen LogP contribution in [-0.4, -0.2) is 68.4 Å². The largest absolute Gasteiger partial charge is 0.490 e. The van der Waals surface area contributed by atoms with Gasteiger partial charge in [-0.1, -0.05) is 11.3 Å². The van der Waals surface area contributed by atoms with E-state index in [-0.39, 0.29) is 6.10 Å². The first-order valence-electron chi connectivity index (χ1n) is 8.98. The predicted octanol–water partition coefficient (Wildman–Crippen LogP) is 1.99. The molecule has 0 saturated carbocycles. The molecule has 2 N–H and O–H groups in total. The van der Waals surface area contributed by atoms with Crippen LogP contribution in [0.2, 0.25) is 0 Å². The molecule has 4 rings (SSSR count). The molecule has 0 radical (unpaired) electrons. The molecule has 0 bridgehead atoms. The van der Waals surface area contributed by atoms with Gasteiger partial charge in [-0.3, -0.25) is 5.10 Å². The molecule has 13 heteroatoms. The van der Waals surface area contributed by atoms with Gasteiger partial charge in [0, 0.05) is 25.4 Å². The average Bonchev–Trinajstić information content (AvgIpc) is 3.36. The molecule has 3 atom stereocenters. The highest BCUT2D eigenvalue weighted by Gasteiger charge is 2.41. The number of aromatic nitrogens is 5. The summed E-state index contributed by atoms with van der Waals surface area (Å²) in [7, 11) is 0. The van der Waals surface area contributed by atoms with Crippen LogP contribution in [0.4, 0.5) is 18.3 Å². The number of H-pyrrole nitrogens is 1. The van der Waals surface area contributed by atoms with Gasteiger partial charge in [0.2, 0.25) is 5.13 Å². The van der Waals surface area contributed by atoms with Crippen molar-refractivity contribution in [1.29, 1.82) is 0 Å². The number of rotatable bonds is 3. The van der Waals surface area contributed by atoms with Gasteiger partial charge in [0.1, 0.15) is 10.8 Å². The summed E-state index contributed by atoms with van der Waals surface area (Å²) >= 11 is 1.67. The van der Waals surface area contributed by atoms with E-state index in [4.69, 9.17) is 14.6 Å². The molecule has 4 heterocycles. The van der Waals surface area contributed by atoms with Crippen molar-refractivity contribution >= 4 is 22.4 Å². The van der Waals surface area contributed by atoms with Crippen LogP contribution >= 0.6 is 11.3 Å². The van der Waals surface area contributed by atoms with Gasteiger partial charge in [-0.2, -0.15) is 18.3 Å². The van der Waals surface area contributed by atoms with E-state index in [2.05, 4.69) is 30.3 Å². The molecule has 29 heavy (non-hydrogen) atoms. The van der Waals surface area contributed by atoms with E-state index >= 15 is 0 Å². The maximum Gasteiger partial charge on any atom is 0.490 e. The monoisotopic (exact) mass is 434 g/mol. The number of halogens is 3. The van der Waals surface area contributed by atoms with E-state index in [1.807, 2.05) is 13.8 Å². The minimum absolute atomic E-state index is 0.249. The lowest BCUT2D eigenvalue weighted by molar-refractivity contribution is -0.192. The van der Waals surface area contributed by atoms with Gasteiger partial charge in [0.05, 0.1) is 12.7 Å². The second-order valence-electron chi connectivity index (χ2n) is 6.98. The van der Waals surface area contributed by atoms with Crippen LogP contribution in [0.25, 0.3) is 0 Å². The molecule has 0 unspecified atom stereocenters. The van der Waals surface area contributed by atoms with Crippen LogP contribution in [0.3, 0.4) is 0 Å². The van der Waals surface area contributed by atoms with Crippen LogP contribution in [0, 0.1) is 25.7 Å². The Morgan fingerprint density at radius 3 is 2.66 bits per heavy atom. The molecule has 2 aliphatic rings. The van der Waals surface area contributed by atoms with Crippen molar-refractivity contribution in [2.75, 3.05) is 24.6 Å². The SMILES string of the molecule is Cc1nc(C[C@@H]2OC[C@H]3CN(c4nnc(C)s4)CC[C@H]32)n[nH]1.O=C(O)C(F)(F)F. The Kier molecular flexibility index (Phi) is 6.36. The van der Waals surface area contributed by atoms with Crippen LogP contribution in [0.15, 0.2) is 0 Å². The number of piperidine rings is 1. The lowest BCUT2D eigenvalue weighted by Gasteiger charge is -2.35. The molecule has 160 valence electrons. The maximum absolute atomic E-state index is 10.6. The summed E-state index contributed by atoms with van der Waals surface area (Å²) in [5.41, 5.74) is 0. The number of ether oxygens (including phenoxy) is 1. The molecule has 2 fully saturated rings. The summed E-state index contributed by atoms with van der Waals surface area (Å²) < 4.78 is 37.8. The lowest BCUT2D eigenvalue weighted by atomic mass is 9.83. The first-order chi connectivity index (χ1) is 13.6. The van der Waals surface area contributed by atoms with Crippen molar-refractivity contribution in [2.45, 2.75) is 39.0 Å². The Morgan fingerprint density at radius 2 is 2.10 bits per heavy atom. The number of carbonyl (C=O) groups is 1. The van der Waals surface area contributed by atoms with Gasteiger partial charge in [0.25, 0.3) is 0 Å².